The normalized spacial score (nSPS) is 12.9. The molecule has 4 N–H and O–H groups in total. The molecule has 0 aliphatic rings. The van der Waals surface area contributed by atoms with Crippen molar-refractivity contribution in [1.82, 2.24) is 0 Å². The minimum Gasteiger partial charge on any atom is -0.502 e. The quantitative estimate of drug-likeness (QED) is 0.425. The number of rotatable bonds is 11. The van der Waals surface area contributed by atoms with Gasteiger partial charge >= 0.3 is 0 Å². The third-order valence-corrected chi connectivity index (χ3v) is 4.60. The highest BCUT2D eigenvalue weighted by Gasteiger charge is 2.22. The van der Waals surface area contributed by atoms with Crippen molar-refractivity contribution in [3.8, 4) is 34.5 Å². The maximum absolute atomic E-state index is 10.6. The summed E-state index contributed by atoms with van der Waals surface area (Å²) in [6.07, 6.45) is -1.81. The second-order valence-electron chi connectivity index (χ2n) is 6.50. The summed E-state index contributed by atoms with van der Waals surface area (Å²) in [7, 11) is 5.66. The maximum Gasteiger partial charge on any atom is 0.200 e. The van der Waals surface area contributed by atoms with E-state index in [1.54, 1.807) is 24.3 Å². The third kappa shape index (κ3) is 5.38. The first kappa shape index (κ1) is 23.4. The van der Waals surface area contributed by atoms with Crippen LogP contribution in [-0.2, 0) is 17.8 Å². The van der Waals surface area contributed by atoms with E-state index in [0.29, 0.717) is 11.1 Å². The van der Waals surface area contributed by atoms with Crippen LogP contribution in [0.1, 0.15) is 11.1 Å². The minimum absolute atomic E-state index is 0.0392. The van der Waals surface area contributed by atoms with Crippen LogP contribution in [0.25, 0.3) is 0 Å². The van der Waals surface area contributed by atoms with E-state index in [-0.39, 0.29) is 47.5 Å². The van der Waals surface area contributed by atoms with E-state index in [4.69, 9.17) is 23.7 Å². The Kier molecular flexibility index (Phi) is 8.40. The maximum atomic E-state index is 10.6. The lowest BCUT2D eigenvalue weighted by molar-refractivity contribution is -0.0701. The smallest absolute Gasteiger partial charge is 0.200 e. The number of hydrogen-bond donors (Lipinski definition) is 4. The molecule has 0 aliphatic carbocycles. The summed E-state index contributed by atoms with van der Waals surface area (Å²) >= 11 is 0. The van der Waals surface area contributed by atoms with Crippen LogP contribution in [0.3, 0.4) is 0 Å². The zero-order valence-electron chi connectivity index (χ0n) is 17.4. The highest BCUT2D eigenvalue weighted by Crippen LogP contribution is 2.38. The molecule has 0 aromatic heterocycles. The Labute approximate surface area is 175 Å². The number of phenols is 2. The number of methoxy groups -OCH3 is 4. The molecule has 0 fully saturated rings. The van der Waals surface area contributed by atoms with Gasteiger partial charge < -0.3 is 44.1 Å². The van der Waals surface area contributed by atoms with Crippen LogP contribution in [-0.4, -0.2) is 67.7 Å². The Morgan fingerprint density at radius 2 is 1.13 bits per heavy atom. The fourth-order valence-electron chi connectivity index (χ4n) is 2.96. The predicted molar refractivity (Wildman–Crippen MR) is 108 cm³/mol. The topological polar surface area (TPSA) is 127 Å². The average molecular weight is 424 g/mol. The van der Waals surface area contributed by atoms with Crippen molar-refractivity contribution in [2.75, 3.05) is 35.0 Å². The van der Waals surface area contributed by atoms with Crippen molar-refractivity contribution in [2.24, 2.45) is 0 Å². The van der Waals surface area contributed by atoms with Gasteiger partial charge in [0.2, 0.25) is 11.5 Å². The van der Waals surface area contributed by atoms with Crippen LogP contribution in [0.2, 0.25) is 0 Å². The Hall–Kier alpha value is -2.88. The summed E-state index contributed by atoms with van der Waals surface area (Å²) < 4.78 is 26.1. The first-order valence-corrected chi connectivity index (χ1v) is 9.16. The number of aliphatic hydroxyl groups excluding tert-OH is 2. The van der Waals surface area contributed by atoms with Gasteiger partial charge in [-0.05, 0) is 35.4 Å². The first-order valence-electron chi connectivity index (χ1n) is 9.16. The molecule has 30 heavy (non-hydrogen) atoms. The molecule has 0 saturated carbocycles. The van der Waals surface area contributed by atoms with Gasteiger partial charge in [-0.3, -0.25) is 0 Å². The molecule has 2 aromatic carbocycles. The molecule has 166 valence electrons. The van der Waals surface area contributed by atoms with Crippen LogP contribution in [0.4, 0.5) is 0 Å². The number of hydrogen-bond acceptors (Lipinski definition) is 9. The fraction of sp³-hybridized carbons (Fsp3) is 0.429. The predicted octanol–water partition coefficient (Wildman–Crippen LogP) is 1.61. The summed E-state index contributed by atoms with van der Waals surface area (Å²) in [6.45, 7) is -0.378. The van der Waals surface area contributed by atoms with Crippen LogP contribution >= 0.6 is 0 Å². The van der Waals surface area contributed by atoms with Crippen LogP contribution in [0.5, 0.6) is 34.5 Å². The number of aromatic hydroxyl groups is 2. The standard InChI is InChI=1S/C21H28O9/c1-26-15-6-12(7-16(27-2)20(15)24)5-14(23)19(10-22)30-11-13-8-17(28-3)21(25)18(9-13)29-4/h6-9,14,19,22-25H,5,10-11H2,1-4H3. The monoisotopic (exact) mass is 424 g/mol. The molecule has 2 rings (SSSR count). The number of ether oxygens (including phenoxy) is 5. The zero-order valence-corrected chi connectivity index (χ0v) is 17.4. The van der Waals surface area contributed by atoms with Gasteiger partial charge in [-0.25, -0.2) is 0 Å². The highest BCUT2D eigenvalue weighted by molar-refractivity contribution is 5.53. The molecule has 0 radical (unpaired) electrons. The van der Waals surface area contributed by atoms with Crippen molar-refractivity contribution in [3.63, 3.8) is 0 Å². The van der Waals surface area contributed by atoms with E-state index in [1.165, 1.54) is 28.4 Å². The molecule has 0 amide bonds. The van der Waals surface area contributed by atoms with Gasteiger partial charge in [0.1, 0.15) is 6.10 Å². The van der Waals surface area contributed by atoms with Gasteiger partial charge in [0.25, 0.3) is 0 Å². The summed E-state index contributed by atoms with van der Waals surface area (Å²) in [6, 6.07) is 6.30. The van der Waals surface area contributed by atoms with Gasteiger partial charge in [0.15, 0.2) is 23.0 Å². The minimum atomic E-state index is -1.05. The zero-order chi connectivity index (χ0) is 22.3. The number of benzene rings is 2. The van der Waals surface area contributed by atoms with E-state index in [0.717, 1.165) is 0 Å². The molecule has 0 saturated heterocycles. The Balaban J connectivity index is 2.12. The average Bonchev–Trinajstić information content (AvgIpc) is 2.75. The van der Waals surface area contributed by atoms with Crippen molar-refractivity contribution >= 4 is 0 Å². The van der Waals surface area contributed by atoms with E-state index >= 15 is 0 Å². The molecule has 9 nitrogen and oxygen atoms in total. The number of aliphatic hydroxyl groups is 2. The lowest BCUT2D eigenvalue weighted by Crippen LogP contribution is -2.34. The van der Waals surface area contributed by atoms with Gasteiger partial charge in [-0.1, -0.05) is 0 Å². The largest absolute Gasteiger partial charge is 0.502 e. The van der Waals surface area contributed by atoms with Crippen LogP contribution in [0, 0.1) is 0 Å². The summed E-state index contributed by atoms with van der Waals surface area (Å²) in [5.74, 6) is 0.596. The summed E-state index contributed by atoms with van der Waals surface area (Å²) in [4.78, 5) is 0. The van der Waals surface area contributed by atoms with E-state index in [2.05, 4.69) is 0 Å². The molecule has 2 unspecified atom stereocenters. The molecule has 0 bridgehead atoms. The Morgan fingerprint density at radius 1 is 0.733 bits per heavy atom. The summed E-state index contributed by atoms with van der Waals surface area (Å²) in [5, 5.41) is 40.2. The molecular weight excluding hydrogens is 396 g/mol. The van der Waals surface area contributed by atoms with Gasteiger partial charge in [-0.2, -0.15) is 0 Å². The van der Waals surface area contributed by atoms with Gasteiger partial charge in [0, 0.05) is 6.42 Å². The molecule has 2 atom stereocenters. The van der Waals surface area contributed by atoms with Gasteiger partial charge in [-0.15, -0.1) is 0 Å². The van der Waals surface area contributed by atoms with Crippen molar-refractivity contribution in [3.05, 3.63) is 35.4 Å². The van der Waals surface area contributed by atoms with Crippen LogP contribution < -0.4 is 18.9 Å². The molecule has 9 heteroatoms. The van der Waals surface area contributed by atoms with Crippen molar-refractivity contribution in [1.29, 1.82) is 0 Å². The SMILES string of the molecule is COc1cc(COC(CO)C(O)Cc2cc(OC)c(O)c(OC)c2)cc(OC)c1O. The molecule has 0 aliphatic heterocycles. The van der Waals surface area contributed by atoms with Gasteiger partial charge in [0.05, 0.1) is 47.8 Å². The second-order valence-corrected chi connectivity index (χ2v) is 6.50. The summed E-state index contributed by atoms with van der Waals surface area (Å²) in [5.41, 5.74) is 1.25. The number of phenolic OH excluding ortho intramolecular Hbond substituents is 2. The fourth-order valence-corrected chi connectivity index (χ4v) is 2.96. The molecule has 0 heterocycles. The molecule has 2 aromatic rings. The Morgan fingerprint density at radius 3 is 1.50 bits per heavy atom. The third-order valence-electron chi connectivity index (χ3n) is 4.60. The van der Waals surface area contributed by atoms with E-state index in [9.17, 15) is 20.4 Å². The second kappa shape index (κ2) is 10.8. The van der Waals surface area contributed by atoms with E-state index < -0.39 is 18.8 Å². The van der Waals surface area contributed by atoms with Crippen LogP contribution in [0.15, 0.2) is 24.3 Å². The molecular formula is C21H28O9. The lowest BCUT2D eigenvalue weighted by Gasteiger charge is -2.22. The first-order chi connectivity index (χ1) is 14.4. The van der Waals surface area contributed by atoms with Crippen molar-refractivity contribution in [2.45, 2.75) is 25.2 Å². The Bertz CT molecular complexity index is 787. The van der Waals surface area contributed by atoms with E-state index in [1.807, 2.05) is 0 Å². The van der Waals surface area contributed by atoms with Crippen molar-refractivity contribution < 1.29 is 44.1 Å². The highest BCUT2D eigenvalue weighted by atomic mass is 16.5. The lowest BCUT2D eigenvalue weighted by atomic mass is 10.0. The molecule has 0 spiro atoms.